The fourth-order valence-electron chi connectivity index (χ4n) is 1.34. The van der Waals surface area contributed by atoms with Crippen molar-refractivity contribution in [3.8, 4) is 5.75 Å². The van der Waals surface area contributed by atoms with Gasteiger partial charge in [0.2, 0.25) is 0 Å². The van der Waals surface area contributed by atoms with Crippen LogP contribution >= 0.6 is 0 Å². The number of benzene rings is 1. The highest BCUT2D eigenvalue weighted by molar-refractivity contribution is 5.32. The summed E-state index contributed by atoms with van der Waals surface area (Å²) in [6.07, 6.45) is 0. The normalized spacial score (nSPS) is 15.1. The maximum absolute atomic E-state index is 13.7. The number of ether oxygens (including phenoxy) is 1. The molecule has 15 heavy (non-hydrogen) atoms. The molecule has 1 atom stereocenters. The third-order valence-corrected chi connectivity index (χ3v) is 2.85. The number of aliphatic hydroxyl groups is 1. The van der Waals surface area contributed by atoms with Crippen molar-refractivity contribution in [2.45, 2.75) is 26.4 Å². The maximum Gasteiger partial charge on any atom is 0.132 e. The van der Waals surface area contributed by atoms with Crippen molar-refractivity contribution in [3.63, 3.8) is 0 Å². The van der Waals surface area contributed by atoms with E-state index in [1.807, 2.05) is 13.8 Å². The summed E-state index contributed by atoms with van der Waals surface area (Å²) >= 11 is 0. The monoisotopic (exact) mass is 212 g/mol. The predicted molar refractivity (Wildman–Crippen MR) is 57.4 cm³/mol. The molecule has 1 unspecified atom stereocenters. The van der Waals surface area contributed by atoms with Crippen LogP contribution in [0, 0.1) is 11.7 Å². The summed E-state index contributed by atoms with van der Waals surface area (Å²) < 4.78 is 18.6. The highest BCUT2D eigenvalue weighted by Gasteiger charge is 2.30. The van der Waals surface area contributed by atoms with Gasteiger partial charge in [0.15, 0.2) is 0 Å². The summed E-state index contributed by atoms with van der Waals surface area (Å²) in [4.78, 5) is 0. The number of halogens is 1. The van der Waals surface area contributed by atoms with Gasteiger partial charge in [-0.15, -0.1) is 0 Å². The molecule has 0 bridgehead atoms. The van der Waals surface area contributed by atoms with Crippen LogP contribution in [0.4, 0.5) is 4.39 Å². The molecule has 84 valence electrons. The molecule has 1 aromatic carbocycles. The fourth-order valence-corrected chi connectivity index (χ4v) is 1.34. The quantitative estimate of drug-likeness (QED) is 0.834. The zero-order chi connectivity index (χ0) is 11.6. The van der Waals surface area contributed by atoms with Gasteiger partial charge >= 0.3 is 0 Å². The largest absolute Gasteiger partial charge is 0.497 e. The van der Waals surface area contributed by atoms with Crippen LogP contribution in [-0.2, 0) is 5.60 Å². The van der Waals surface area contributed by atoms with E-state index in [0.717, 1.165) is 0 Å². The smallest absolute Gasteiger partial charge is 0.132 e. The number of rotatable bonds is 3. The first-order chi connectivity index (χ1) is 6.89. The summed E-state index contributed by atoms with van der Waals surface area (Å²) in [7, 11) is 1.48. The van der Waals surface area contributed by atoms with Crippen molar-refractivity contribution in [2.75, 3.05) is 7.11 Å². The molecule has 0 heterocycles. The Morgan fingerprint density at radius 1 is 1.40 bits per heavy atom. The molecular weight excluding hydrogens is 195 g/mol. The topological polar surface area (TPSA) is 29.5 Å². The van der Waals surface area contributed by atoms with Crippen molar-refractivity contribution < 1.29 is 14.2 Å². The van der Waals surface area contributed by atoms with Crippen LogP contribution in [0.1, 0.15) is 26.3 Å². The Morgan fingerprint density at radius 3 is 2.40 bits per heavy atom. The molecule has 0 saturated heterocycles. The first kappa shape index (κ1) is 12.0. The third kappa shape index (κ3) is 2.29. The molecular formula is C12H17FO2. The Morgan fingerprint density at radius 2 is 2.00 bits per heavy atom. The molecule has 0 amide bonds. The summed E-state index contributed by atoms with van der Waals surface area (Å²) in [5, 5.41) is 10.1. The van der Waals surface area contributed by atoms with Crippen LogP contribution in [0.15, 0.2) is 18.2 Å². The molecule has 0 spiro atoms. The van der Waals surface area contributed by atoms with E-state index in [9.17, 15) is 9.50 Å². The van der Waals surface area contributed by atoms with Gasteiger partial charge in [-0.3, -0.25) is 0 Å². The van der Waals surface area contributed by atoms with Gasteiger partial charge in [0.1, 0.15) is 11.6 Å². The minimum absolute atomic E-state index is 0.0552. The van der Waals surface area contributed by atoms with E-state index in [0.29, 0.717) is 11.3 Å². The van der Waals surface area contributed by atoms with E-state index in [-0.39, 0.29) is 5.92 Å². The first-order valence-corrected chi connectivity index (χ1v) is 4.96. The first-order valence-electron chi connectivity index (χ1n) is 4.96. The molecule has 0 fully saturated rings. The summed E-state index contributed by atoms with van der Waals surface area (Å²) in [6.45, 7) is 5.32. The van der Waals surface area contributed by atoms with E-state index in [1.54, 1.807) is 19.1 Å². The minimum Gasteiger partial charge on any atom is -0.497 e. The van der Waals surface area contributed by atoms with Gasteiger partial charge in [-0.25, -0.2) is 4.39 Å². The fraction of sp³-hybridized carbons (Fsp3) is 0.500. The second-order valence-electron chi connectivity index (χ2n) is 4.15. The van der Waals surface area contributed by atoms with E-state index in [2.05, 4.69) is 0 Å². The number of hydrogen-bond donors (Lipinski definition) is 1. The van der Waals surface area contributed by atoms with Crippen LogP contribution < -0.4 is 4.74 Å². The van der Waals surface area contributed by atoms with Gasteiger partial charge in [-0.2, -0.15) is 0 Å². The van der Waals surface area contributed by atoms with Crippen LogP contribution in [0.2, 0.25) is 0 Å². The summed E-state index contributed by atoms with van der Waals surface area (Å²) in [5.41, 5.74) is -0.852. The SMILES string of the molecule is COc1ccc(C(C)(O)C(C)C)c(F)c1. The highest BCUT2D eigenvalue weighted by atomic mass is 19.1. The molecule has 0 aromatic heterocycles. The Kier molecular flexibility index (Phi) is 3.35. The zero-order valence-electron chi connectivity index (χ0n) is 9.54. The molecule has 1 aromatic rings. The van der Waals surface area contributed by atoms with E-state index < -0.39 is 11.4 Å². The second kappa shape index (κ2) is 4.19. The van der Waals surface area contributed by atoms with Crippen molar-refractivity contribution in [1.29, 1.82) is 0 Å². The van der Waals surface area contributed by atoms with E-state index in [1.165, 1.54) is 13.2 Å². The average molecular weight is 212 g/mol. The summed E-state index contributed by atoms with van der Waals surface area (Å²) in [6, 6.07) is 4.50. The van der Waals surface area contributed by atoms with E-state index in [4.69, 9.17) is 4.74 Å². The zero-order valence-corrected chi connectivity index (χ0v) is 9.54. The number of hydrogen-bond acceptors (Lipinski definition) is 2. The van der Waals surface area contributed by atoms with Crippen LogP contribution in [0.5, 0.6) is 5.75 Å². The lowest BCUT2D eigenvalue weighted by molar-refractivity contribution is 0.00571. The lowest BCUT2D eigenvalue weighted by Gasteiger charge is -2.28. The Bertz CT molecular complexity index is 345. The summed E-state index contributed by atoms with van der Waals surface area (Å²) in [5.74, 6) is -0.0377. The number of methoxy groups -OCH3 is 1. The van der Waals surface area contributed by atoms with Crippen LogP contribution in [0.3, 0.4) is 0 Å². The minimum atomic E-state index is -1.16. The van der Waals surface area contributed by atoms with Gasteiger partial charge in [-0.1, -0.05) is 13.8 Å². The Labute approximate surface area is 89.7 Å². The van der Waals surface area contributed by atoms with Crippen molar-refractivity contribution in [1.82, 2.24) is 0 Å². The molecule has 0 aliphatic carbocycles. The van der Waals surface area contributed by atoms with Gasteiger partial charge < -0.3 is 9.84 Å². The molecule has 1 N–H and O–H groups in total. The molecule has 2 nitrogen and oxygen atoms in total. The molecule has 0 saturated carbocycles. The Hall–Kier alpha value is -1.09. The van der Waals surface area contributed by atoms with Crippen molar-refractivity contribution >= 4 is 0 Å². The molecule has 0 aliphatic heterocycles. The van der Waals surface area contributed by atoms with E-state index >= 15 is 0 Å². The Balaban J connectivity index is 3.16. The highest BCUT2D eigenvalue weighted by Crippen LogP contribution is 2.32. The molecule has 0 aliphatic rings. The van der Waals surface area contributed by atoms with Crippen LogP contribution in [-0.4, -0.2) is 12.2 Å². The predicted octanol–water partition coefficient (Wildman–Crippen LogP) is 2.70. The maximum atomic E-state index is 13.7. The lowest BCUT2D eigenvalue weighted by Crippen LogP contribution is -2.29. The third-order valence-electron chi connectivity index (χ3n) is 2.85. The lowest BCUT2D eigenvalue weighted by atomic mass is 9.85. The van der Waals surface area contributed by atoms with Crippen molar-refractivity contribution in [2.24, 2.45) is 5.92 Å². The van der Waals surface area contributed by atoms with Gasteiger partial charge in [0.05, 0.1) is 12.7 Å². The average Bonchev–Trinajstić information content (AvgIpc) is 2.16. The molecule has 0 radical (unpaired) electrons. The standard InChI is InChI=1S/C12H17FO2/c1-8(2)12(3,14)10-6-5-9(15-4)7-11(10)13/h5-8,14H,1-4H3. The van der Waals surface area contributed by atoms with Crippen molar-refractivity contribution in [3.05, 3.63) is 29.6 Å². The second-order valence-corrected chi connectivity index (χ2v) is 4.15. The van der Waals surface area contributed by atoms with Gasteiger partial charge in [0, 0.05) is 11.6 Å². The molecule has 3 heteroatoms. The van der Waals surface area contributed by atoms with Gasteiger partial charge in [0.25, 0.3) is 0 Å². The van der Waals surface area contributed by atoms with Gasteiger partial charge in [-0.05, 0) is 25.0 Å². The van der Waals surface area contributed by atoms with Crippen LogP contribution in [0.25, 0.3) is 0 Å². The molecule has 1 rings (SSSR count).